The molecule has 1 aromatic rings. The summed E-state index contributed by atoms with van der Waals surface area (Å²) in [6.45, 7) is 9.94. The minimum absolute atomic E-state index is 0.0546. The molecule has 2 N–H and O–H groups in total. The molecule has 150 valence electrons. The number of rotatable bonds is 6. The van der Waals surface area contributed by atoms with Crippen LogP contribution in [0.5, 0.6) is 0 Å². The molecule has 2 aliphatic rings. The Bertz CT molecular complexity index is 654. The van der Waals surface area contributed by atoms with E-state index in [1.807, 2.05) is 11.8 Å². The quantitative estimate of drug-likeness (QED) is 0.577. The highest BCUT2D eigenvalue weighted by atomic mass is 32.2. The molecule has 0 amide bonds. The summed E-state index contributed by atoms with van der Waals surface area (Å²) in [5.74, 6) is 1.93. The van der Waals surface area contributed by atoms with Crippen molar-refractivity contribution in [2.45, 2.75) is 50.6 Å². The molecule has 3 rings (SSSR count). The van der Waals surface area contributed by atoms with E-state index in [1.165, 1.54) is 11.1 Å². The van der Waals surface area contributed by atoms with Gasteiger partial charge in [0.05, 0.1) is 25.3 Å². The zero-order valence-electron chi connectivity index (χ0n) is 16.8. The number of aliphatic hydroxyl groups is 1. The minimum Gasteiger partial charge on any atom is -0.387 e. The van der Waals surface area contributed by atoms with Crippen LogP contribution in [-0.4, -0.2) is 65.4 Å². The van der Waals surface area contributed by atoms with E-state index in [4.69, 9.17) is 9.73 Å². The van der Waals surface area contributed by atoms with Crippen LogP contribution in [0.15, 0.2) is 29.3 Å². The Balaban J connectivity index is 1.69. The molecular formula is C21H33N3O2S. The summed E-state index contributed by atoms with van der Waals surface area (Å²) < 4.78 is 6.05. The van der Waals surface area contributed by atoms with Crippen LogP contribution in [0.4, 0.5) is 0 Å². The Morgan fingerprint density at radius 2 is 2.22 bits per heavy atom. The first-order valence-electron chi connectivity index (χ1n) is 10.1. The lowest BCUT2D eigenvalue weighted by atomic mass is 9.79. The van der Waals surface area contributed by atoms with Gasteiger partial charge in [0.15, 0.2) is 5.96 Å². The smallest absolute Gasteiger partial charge is 0.194 e. The summed E-state index contributed by atoms with van der Waals surface area (Å²) in [6, 6.07) is 8.42. The van der Waals surface area contributed by atoms with Crippen molar-refractivity contribution in [3.05, 3.63) is 35.4 Å². The second-order valence-corrected chi connectivity index (χ2v) is 8.90. The molecule has 0 bridgehead atoms. The highest BCUT2D eigenvalue weighted by molar-refractivity contribution is 8.00. The fourth-order valence-electron chi connectivity index (χ4n) is 3.83. The Morgan fingerprint density at radius 1 is 1.41 bits per heavy atom. The molecule has 1 aliphatic carbocycles. The maximum Gasteiger partial charge on any atom is 0.194 e. The lowest BCUT2D eigenvalue weighted by Gasteiger charge is -2.44. The molecular weight excluding hydrogens is 358 g/mol. The van der Waals surface area contributed by atoms with E-state index in [2.05, 4.69) is 55.3 Å². The predicted octanol–water partition coefficient (Wildman–Crippen LogP) is 2.98. The molecule has 3 unspecified atom stereocenters. The molecule has 5 nitrogen and oxygen atoms in total. The second kappa shape index (κ2) is 9.30. The van der Waals surface area contributed by atoms with E-state index in [0.29, 0.717) is 18.4 Å². The third kappa shape index (κ3) is 4.79. The number of guanidine groups is 1. The van der Waals surface area contributed by atoms with Gasteiger partial charge in [0.25, 0.3) is 0 Å². The normalized spacial score (nSPS) is 28.7. The number of aliphatic imine (C=N–C) groups is 1. The maximum absolute atomic E-state index is 10.9. The van der Waals surface area contributed by atoms with Gasteiger partial charge in [0, 0.05) is 18.3 Å². The Hall–Kier alpha value is -1.24. The fraction of sp³-hybridized carbons (Fsp3) is 0.667. The van der Waals surface area contributed by atoms with Crippen molar-refractivity contribution in [1.82, 2.24) is 10.2 Å². The number of hydrogen-bond acceptors (Lipinski definition) is 4. The molecule has 1 saturated heterocycles. The summed E-state index contributed by atoms with van der Waals surface area (Å²) in [5, 5.41) is 14.6. The average molecular weight is 392 g/mol. The molecule has 1 aliphatic heterocycles. The van der Waals surface area contributed by atoms with Crippen LogP contribution < -0.4 is 5.32 Å². The van der Waals surface area contributed by atoms with E-state index < -0.39 is 5.60 Å². The van der Waals surface area contributed by atoms with E-state index in [0.717, 1.165) is 44.2 Å². The maximum atomic E-state index is 10.9. The molecule has 1 heterocycles. The summed E-state index contributed by atoms with van der Waals surface area (Å²) in [7, 11) is 0. The van der Waals surface area contributed by atoms with Crippen LogP contribution in [0.25, 0.3) is 0 Å². The van der Waals surface area contributed by atoms with Crippen molar-refractivity contribution >= 4 is 17.7 Å². The Labute approximate surface area is 167 Å². The zero-order valence-corrected chi connectivity index (χ0v) is 17.6. The number of morpholine rings is 1. The van der Waals surface area contributed by atoms with E-state index in [9.17, 15) is 5.11 Å². The molecule has 2 fully saturated rings. The van der Waals surface area contributed by atoms with Gasteiger partial charge in [-0.3, -0.25) is 4.99 Å². The minimum atomic E-state index is -0.650. The topological polar surface area (TPSA) is 57.1 Å². The first-order valence-corrected chi connectivity index (χ1v) is 11.2. The molecule has 27 heavy (non-hydrogen) atoms. The number of ether oxygens (including phenoxy) is 1. The second-order valence-electron chi connectivity index (χ2n) is 7.42. The van der Waals surface area contributed by atoms with Crippen LogP contribution in [0.2, 0.25) is 0 Å². The van der Waals surface area contributed by atoms with Crippen LogP contribution in [0, 0.1) is 6.92 Å². The van der Waals surface area contributed by atoms with Gasteiger partial charge in [-0.15, -0.1) is 0 Å². The predicted molar refractivity (Wildman–Crippen MR) is 114 cm³/mol. The van der Waals surface area contributed by atoms with Crippen LogP contribution >= 0.6 is 11.8 Å². The molecule has 0 aromatic heterocycles. The van der Waals surface area contributed by atoms with Crippen molar-refractivity contribution in [3.63, 3.8) is 0 Å². The fourth-order valence-corrected chi connectivity index (χ4v) is 5.02. The number of hydrogen-bond donors (Lipinski definition) is 2. The van der Waals surface area contributed by atoms with Crippen molar-refractivity contribution < 1.29 is 9.84 Å². The Morgan fingerprint density at radius 3 is 2.89 bits per heavy atom. The van der Waals surface area contributed by atoms with Crippen molar-refractivity contribution in [2.75, 3.05) is 38.5 Å². The van der Waals surface area contributed by atoms with E-state index >= 15 is 0 Å². The van der Waals surface area contributed by atoms with Crippen molar-refractivity contribution in [3.8, 4) is 0 Å². The molecule has 0 radical (unpaired) electrons. The first-order chi connectivity index (χ1) is 13.1. The van der Waals surface area contributed by atoms with Gasteiger partial charge in [0.2, 0.25) is 0 Å². The monoisotopic (exact) mass is 391 g/mol. The van der Waals surface area contributed by atoms with Gasteiger partial charge < -0.3 is 20.1 Å². The third-order valence-electron chi connectivity index (χ3n) is 5.55. The summed E-state index contributed by atoms with van der Waals surface area (Å²) >= 11 is 1.85. The zero-order chi connectivity index (χ0) is 19.3. The van der Waals surface area contributed by atoms with Crippen molar-refractivity contribution in [1.29, 1.82) is 0 Å². The van der Waals surface area contributed by atoms with Gasteiger partial charge in [-0.25, -0.2) is 0 Å². The van der Waals surface area contributed by atoms with Crippen LogP contribution in [0.1, 0.15) is 43.9 Å². The largest absolute Gasteiger partial charge is 0.387 e. The van der Waals surface area contributed by atoms with Gasteiger partial charge in [-0.05, 0) is 43.6 Å². The summed E-state index contributed by atoms with van der Waals surface area (Å²) in [5.41, 5.74) is 1.85. The number of thioether (sulfide) groups is 1. The van der Waals surface area contributed by atoms with Crippen molar-refractivity contribution in [2.24, 2.45) is 4.99 Å². The van der Waals surface area contributed by atoms with Crippen LogP contribution in [0.3, 0.4) is 0 Å². The van der Waals surface area contributed by atoms with E-state index in [1.54, 1.807) is 0 Å². The molecule has 1 saturated carbocycles. The molecule has 1 aromatic carbocycles. The van der Waals surface area contributed by atoms with Crippen LogP contribution in [-0.2, 0) is 4.74 Å². The SMILES string of the molecule is CCNC(=NCC1(O)CCC1SCC)N1CCOC(c2ccccc2C)C1. The number of nitrogens with one attached hydrogen (secondary N) is 1. The lowest BCUT2D eigenvalue weighted by molar-refractivity contribution is -0.0177. The standard InChI is InChI=1S/C21H33N3O2S/c1-4-22-20(23-15-21(25)11-10-19(21)27-5-2)24-12-13-26-18(14-24)17-9-7-6-8-16(17)3/h6-9,18-19,25H,4-5,10-15H2,1-3H3,(H,22,23). The Kier molecular flexibility index (Phi) is 7.06. The highest BCUT2D eigenvalue weighted by Gasteiger charge is 2.45. The molecule has 6 heteroatoms. The average Bonchev–Trinajstić information content (AvgIpc) is 2.68. The third-order valence-corrected chi connectivity index (χ3v) is 6.96. The lowest BCUT2D eigenvalue weighted by Crippen LogP contribution is -2.54. The molecule has 0 spiro atoms. The summed E-state index contributed by atoms with van der Waals surface area (Å²) in [6.07, 6.45) is 2.00. The molecule has 3 atom stereocenters. The van der Waals surface area contributed by atoms with Gasteiger partial charge in [-0.1, -0.05) is 31.2 Å². The number of nitrogens with zero attached hydrogens (tertiary/aromatic N) is 2. The van der Waals surface area contributed by atoms with Gasteiger partial charge >= 0.3 is 0 Å². The first kappa shape index (κ1) is 20.5. The van der Waals surface area contributed by atoms with Gasteiger partial charge in [0.1, 0.15) is 6.10 Å². The van der Waals surface area contributed by atoms with Gasteiger partial charge in [-0.2, -0.15) is 11.8 Å². The number of benzene rings is 1. The number of aryl methyl sites for hydroxylation is 1. The highest BCUT2D eigenvalue weighted by Crippen LogP contribution is 2.41. The van der Waals surface area contributed by atoms with E-state index in [-0.39, 0.29) is 6.10 Å². The summed E-state index contributed by atoms with van der Waals surface area (Å²) in [4.78, 5) is 7.10.